The molecule has 2 unspecified atom stereocenters. The third-order valence-electron chi connectivity index (χ3n) is 3.55. The van der Waals surface area contributed by atoms with Crippen molar-refractivity contribution in [3.8, 4) is 0 Å². The van der Waals surface area contributed by atoms with Gasteiger partial charge in [-0.15, -0.1) is 0 Å². The minimum Gasteiger partial charge on any atom is -0.364 e. The van der Waals surface area contributed by atoms with Gasteiger partial charge in [0.15, 0.2) is 0 Å². The predicted molar refractivity (Wildman–Crippen MR) is 73.3 cm³/mol. The lowest BCUT2D eigenvalue weighted by Gasteiger charge is -2.29. The van der Waals surface area contributed by atoms with Gasteiger partial charge in [0.25, 0.3) is 5.91 Å². The van der Waals surface area contributed by atoms with Gasteiger partial charge in [0.05, 0.1) is 6.10 Å². The van der Waals surface area contributed by atoms with Gasteiger partial charge in [-0.2, -0.15) is 0 Å². The van der Waals surface area contributed by atoms with Crippen molar-refractivity contribution in [1.29, 1.82) is 0 Å². The maximum atomic E-state index is 12.4. The number of hydrogen-bond donors (Lipinski definition) is 1. The van der Waals surface area contributed by atoms with Crippen molar-refractivity contribution in [2.24, 2.45) is 5.73 Å². The Bertz CT molecular complexity index is 256. The quantitative estimate of drug-likeness (QED) is 0.708. The predicted octanol–water partition coefficient (Wildman–Crippen LogP) is 1.92. The molecule has 2 N–H and O–H groups in total. The molecule has 0 saturated carbocycles. The molecule has 1 heterocycles. The van der Waals surface area contributed by atoms with Crippen LogP contribution in [0.5, 0.6) is 0 Å². The van der Waals surface area contributed by atoms with E-state index in [1.54, 1.807) is 0 Å². The van der Waals surface area contributed by atoms with Gasteiger partial charge in [-0.1, -0.05) is 19.8 Å². The van der Waals surface area contributed by atoms with Crippen molar-refractivity contribution in [2.75, 3.05) is 13.1 Å². The number of amides is 1. The van der Waals surface area contributed by atoms with Crippen LogP contribution in [0.1, 0.15) is 52.9 Å². The third kappa shape index (κ3) is 4.25. The van der Waals surface area contributed by atoms with Crippen LogP contribution >= 0.6 is 0 Å². The second-order valence-electron chi connectivity index (χ2n) is 5.39. The molecule has 2 atom stereocenters. The summed E-state index contributed by atoms with van der Waals surface area (Å²) in [6, 6.07) is 0.245. The lowest BCUT2D eigenvalue weighted by Crippen LogP contribution is -2.44. The maximum absolute atomic E-state index is 12.4. The normalized spacial score (nSPS) is 23.6. The number of rotatable bonds is 7. The maximum Gasteiger partial charge on any atom is 0.251 e. The largest absolute Gasteiger partial charge is 0.364 e. The fraction of sp³-hybridized carbons (Fsp3) is 0.929. The second kappa shape index (κ2) is 7.74. The molecule has 0 radical (unpaired) electrons. The van der Waals surface area contributed by atoms with Crippen LogP contribution in [0.25, 0.3) is 0 Å². The molecule has 1 aliphatic heterocycles. The Kier molecular flexibility index (Phi) is 6.65. The Hall–Kier alpha value is -0.610. The number of nitrogens with zero attached hydrogens (tertiary/aromatic N) is 1. The Morgan fingerprint density at radius 1 is 1.39 bits per heavy atom. The minimum absolute atomic E-state index is 0.0728. The molecule has 1 aliphatic rings. The van der Waals surface area contributed by atoms with E-state index in [-0.39, 0.29) is 24.2 Å². The Morgan fingerprint density at radius 2 is 2.11 bits per heavy atom. The van der Waals surface area contributed by atoms with Gasteiger partial charge in [0.2, 0.25) is 0 Å². The van der Waals surface area contributed by atoms with E-state index in [9.17, 15) is 4.79 Å². The fourth-order valence-corrected chi connectivity index (χ4v) is 2.40. The van der Waals surface area contributed by atoms with Crippen LogP contribution in [0.3, 0.4) is 0 Å². The van der Waals surface area contributed by atoms with Gasteiger partial charge < -0.3 is 15.4 Å². The molecule has 18 heavy (non-hydrogen) atoms. The molecular weight excluding hydrogens is 228 g/mol. The van der Waals surface area contributed by atoms with E-state index in [0.717, 1.165) is 25.8 Å². The third-order valence-corrected chi connectivity index (χ3v) is 3.55. The van der Waals surface area contributed by atoms with Gasteiger partial charge >= 0.3 is 0 Å². The van der Waals surface area contributed by atoms with Gasteiger partial charge in [0.1, 0.15) is 6.10 Å². The summed E-state index contributed by atoms with van der Waals surface area (Å²) in [4.78, 5) is 14.4. The van der Waals surface area contributed by atoms with Crippen molar-refractivity contribution in [1.82, 2.24) is 4.90 Å². The number of hydrogen-bond acceptors (Lipinski definition) is 3. The van der Waals surface area contributed by atoms with Crippen LogP contribution < -0.4 is 5.73 Å². The molecule has 1 amide bonds. The highest BCUT2D eigenvalue weighted by Crippen LogP contribution is 2.21. The first-order valence-electron chi connectivity index (χ1n) is 7.26. The topological polar surface area (TPSA) is 55.6 Å². The standard InChI is InChI=1S/C14H28N2O2/c1-4-5-6-9-16(11(2)3)14(17)13-8-7-12(10-15)18-13/h11-13H,4-10,15H2,1-3H3. The Labute approximate surface area is 111 Å². The van der Waals surface area contributed by atoms with E-state index in [1.165, 1.54) is 12.8 Å². The highest BCUT2D eigenvalue weighted by Gasteiger charge is 2.33. The van der Waals surface area contributed by atoms with Crippen LogP contribution in [0.2, 0.25) is 0 Å². The summed E-state index contributed by atoms with van der Waals surface area (Å²) in [7, 11) is 0. The van der Waals surface area contributed by atoms with E-state index in [2.05, 4.69) is 20.8 Å². The van der Waals surface area contributed by atoms with E-state index in [0.29, 0.717) is 6.54 Å². The van der Waals surface area contributed by atoms with Crippen molar-refractivity contribution < 1.29 is 9.53 Å². The zero-order chi connectivity index (χ0) is 13.5. The SMILES string of the molecule is CCCCCN(C(=O)C1CCC(CN)O1)C(C)C. The molecule has 0 aromatic carbocycles. The van der Waals surface area contributed by atoms with Crippen molar-refractivity contribution in [3.05, 3.63) is 0 Å². The molecule has 4 heteroatoms. The first-order valence-corrected chi connectivity index (χ1v) is 7.26. The van der Waals surface area contributed by atoms with E-state index in [4.69, 9.17) is 10.5 Å². The zero-order valence-electron chi connectivity index (χ0n) is 12.0. The molecule has 1 saturated heterocycles. The molecule has 1 rings (SSSR count). The molecule has 4 nitrogen and oxygen atoms in total. The summed E-state index contributed by atoms with van der Waals surface area (Å²) in [5.41, 5.74) is 5.58. The lowest BCUT2D eigenvalue weighted by molar-refractivity contribution is -0.144. The van der Waals surface area contributed by atoms with E-state index in [1.807, 2.05) is 4.90 Å². The summed E-state index contributed by atoms with van der Waals surface area (Å²) in [5, 5.41) is 0. The molecule has 1 fully saturated rings. The number of carbonyl (C=O) groups excluding carboxylic acids is 1. The highest BCUT2D eigenvalue weighted by molar-refractivity contribution is 5.81. The monoisotopic (exact) mass is 256 g/mol. The van der Waals surface area contributed by atoms with E-state index < -0.39 is 0 Å². The minimum atomic E-state index is -0.262. The average molecular weight is 256 g/mol. The van der Waals surface area contributed by atoms with Crippen LogP contribution in [-0.2, 0) is 9.53 Å². The second-order valence-corrected chi connectivity index (χ2v) is 5.39. The van der Waals surface area contributed by atoms with Crippen LogP contribution in [0.4, 0.5) is 0 Å². The Balaban J connectivity index is 2.49. The van der Waals surface area contributed by atoms with E-state index >= 15 is 0 Å². The summed E-state index contributed by atoms with van der Waals surface area (Å²) < 4.78 is 5.69. The summed E-state index contributed by atoms with van der Waals surface area (Å²) in [6.45, 7) is 7.67. The fourth-order valence-electron chi connectivity index (χ4n) is 2.40. The molecule has 0 spiro atoms. The van der Waals surface area contributed by atoms with Crippen LogP contribution in [0, 0.1) is 0 Å². The number of carbonyl (C=O) groups is 1. The molecule has 106 valence electrons. The molecular formula is C14H28N2O2. The first kappa shape index (κ1) is 15.4. The lowest BCUT2D eigenvalue weighted by atomic mass is 10.1. The van der Waals surface area contributed by atoms with Gasteiger partial charge in [-0.25, -0.2) is 0 Å². The average Bonchev–Trinajstić information content (AvgIpc) is 2.82. The van der Waals surface area contributed by atoms with Crippen molar-refractivity contribution in [2.45, 2.75) is 71.1 Å². The number of ether oxygens (including phenoxy) is 1. The number of unbranched alkanes of at least 4 members (excludes halogenated alkanes) is 2. The number of nitrogens with two attached hydrogens (primary N) is 1. The van der Waals surface area contributed by atoms with Gasteiger partial charge in [0, 0.05) is 19.1 Å². The summed E-state index contributed by atoms with van der Waals surface area (Å²) in [6.07, 6.45) is 4.97. The van der Waals surface area contributed by atoms with Gasteiger partial charge in [-0.05, 0) is 33.1 Å². The zero-order valence-corrected chi connectivity index (χ0v) is 12.0. The summed E-state index contributed by atoms with van der Waals surface area (Å²) in [5.74, 6) is 0.150. The molecule has 0 bridgehead atoms. The van der Waals surface area contributed by atoms with Crippen molar-refractivity contribution in [3.63, 3.8) is 0 Å². The Morgan fingerprint density at radius 3 is 2.61 bits per heavy atom. The highest BCUT2D eigenvalue weighted by atomic mass is 16.5. The molecule has 0 aromatic heterocycles. The van der Waals surface area contributed by atoms with Crippen LogP contribution in [-0.4, -0.2) is 42.1 Å². The molecule has 0 aliphatic carbocycles. The van der Waals surface area contributed by atoms with Crippen molar-refractivity contribution >= 4 is 5.91 Å². The van der Waals surface area contributed by atoms with Crippen LogP contribution in [0.15, 0.2) is 0 Å². The molecule has 0 aromatic rings. The smallest absolute Gasteiger partial charge is 0.251 e. The van der Waals surface area contributed by atoms with Gasteiger partial charge in [-0.3, -0.25) is 4.79 Å². The summed E-state index contributed by atoms with van der Waals surface area (Å²) >= 11 is 0. The first-order chi connectivity index (χ1) is 8.60.